The summed E-state index contributed by atoms with van der Waals surface area (Å²) in [4.78, 5) is 24.5. The molecule has 0 aromatic carbocycles. The van der Waals surface area contributed by atoms with Crippen LogP contribution in [0.4, 0.5) is 16.8 Å². The normalized spacial score (nSPS) is 15.8. The van der Waals surface area contributed by atoms with Gasteiger partial charge in [-0.3, -0.25) is 9.48 Å². The van der Waals surface area contributed by atoms with Gasteiger partial charge in [0.2, 0.25) is 5.91 Å². The van der Waals surface area contributed by atoms with Crippen molar-refractivity contribution in [3.63, 3.8) is 0 Å². The van der Waals surface area contributed by atoms with Crippen molar-refractivity contribution in [2.45, 2.75) is 46.1 Å². The summed E-state index contributed by atoms with van der Waals surface area (Å²) in [6.45, 7) is 10.5. The molecule has 0 bridgehead atoms. The molecule has 0 aliphatic carbocycles. The van der Waals surface area contributed by atoms with Crippen LogP contribution in [0.25, 0.3) is 10.3 Å². The number of carbonyl (C=O) groups is 1. The maximum absolute atomic E-state index is 11.3. The van der Waals surface area contributed by atoms with Crippen LogP contribution in [0, 0.1) is 5.92 Å². The number of fused-ring (bicyclic) bond motifs is 1. The summed E-state index contributed by atoms with van der Waals surface area (Å²) >= 11 is 1.48. The molecule has 0 saturated carbocycles. The van der Waals surface area contributed by atoms with E-state index in [1.807, 2.05) is 6.07 Å². The second-order valence-electron chi connectivity index (χ2n) is 9.87. The summed E-state index contributed by atoms with van der Waals surface area (Å²) in [7, 11) is 0. The van der Waals surface area contributed by atoms with Crippen LogP contribution in [-0.2, 0) is 21.5 Å². The molecule has 10 nitrogen and oxygen atoms in total. The topological polar surface area (TPSA) is 116 Å². The molecule has 1 amide bonds. The highest BCUT2D eigenvalue weighted by Crippen LogP contribution is 2.33. The van der Waals surface area contributed by atoms with Crippen LogP contribution in [0.2, 0.25) is 0 Å². The van der Waals surface area contributed by atoms with Crippen molar-refractivity contribution in [2.75, 3.05) is 23.8 Å². The van der Waals surface area contributed by atoms with Gasteiger partial charge in [0.25, 0.3) is 0 Å². The monoisotopic (exact) mass is 507 g/mol. The first kappa shape index (κ1) is 24.1. The van der Waals surface area contributed by atoms with Gasteiger partial charge in [0.05, 0.1) is 17.5 Å². The Bertz CT molecular complexity index is 1390. The van der Waals surface area contributed by atoms with Crippen LogP contribution in [0.15, 0.2) is 36.7 Å². The molecule has 1 atom stereocenters. The number of nitrogens with one attached hydrogen (secondary N) is 2. The summed E-state index contributed by atoms with van der Waals surface area (Å²) in [6, 6.07) is 7.37. The van der Waals surface area contributed by atoms with E-state index >= 15 is 0 Å². The quantitative estimate of drug-likeness (QED) is 0.354. The average Bonchev–Trinajstić information content (AvgIpc) is 3.53. The van der Waals surface area contributed by atoms with Gasteiger partial charge < -0.3 is 20.1 Å². The van der Waals surface area contributed by atoms with Crippen molar-refractivity contribution in [2.24, 2.45) is 5.92 Å². The van der Waals surface area contributed by atoms with Crippen LogP contribution in [0.3, 0.4) is 0 Å². The van der Waals surface area contributed by atoms with Gasteiger partial charge >= 0.3 is 0 Å². The maximum atomic E-state index is 11.3. The van der Waals surface area contributed by atoms with Crippen LogP contribution in [0.1, 0.15) is 39.8 Å². The summed E-state index contributed by atoms with van der Waals surface area (Å²) in [6.07, 6.45) is 4.26. The number of thiazole rings is 1. The highest BCUT2D eigenvalue weighted by atomic mass is 32.1. The lowest BCUT2D eigenvalue weighted by Crippen LogP contribution is -2.21. The molecule has 0 radical (unpaired) electrons. The van der Waals surface area contributed by atoms with Gasteiger partial charge in [-0.25, -0.2) is 9.97 Å². The number of rotatable bonds is 7. The lowest BCUT2D eigenvalue weighted by molar-refractivity contribution is -0.114. The number of aromatic nitrogens is 5. The van der Waals surface area contributed by atoms with Crippen molar-refractivity contribution < 1.29 is 14.3 Å². The summed E-state index contributed by atoms with van der Waals surface area (Å²) in [5.41, 5.74) is 1.76. The highest BCUT2D eigenvalue weighted by Gasteiger charge is 2.25. The van der Waals surface area contributed by atoms with E-state index in [4.69, 9.17) is 14.6 Å². The molecule has 1 aliphatic heterocycles. The van der Waals surface area contributed by atoms with Gasteiger partial charge in [-0.2, -0.15) is 10.1 Å². The fraction of sp³-hybridized carbons (Fsp3) is 0.400. The molecule has 36 heavy (non-hydrogen) atoms. The fourth-order valence-corrected chi connectivity index (χ4v) is 4.93. The minimum atomic E-state index is -0.195. The number of anilines is 3. The minimum Gasteiger partial charge on any atom is -0.455 e. The third-order valence-corrected chi connectivity index (χ3v) is 6.64. The van der Waals surface area contributed by atoms with Gasteiger partial charge in [0, 0.05) is 61.5 Å². The van der Waals surface area contributed by atoms with E-state index in [-0.39, 0.29) is 11.3 Å². The maximum Gasteiger partial charge on any atom is 0.222 e. The number of nitrogens with zero attached hydrogens (tertiary/aromatic N) is 5. The first-order valence-corrected chi connectivity index (χ1v) is 12.7. The zero-order valence-electron chi connectivity index (χ0n) is 20.7. The Kier molecular flexibility index (Phi) is 6.59. The molecule has 5 heterocycles. The van der Waals surface area contributed by atoms with Crippen LogP contribution in [-0.4, -0.2) is 43.9 Å². The van der Waals surface area contributed by atoms with E-state index in [2.05, 4.69) is 57.1 Å². The molecule has 4 aromatic heterocycles. The van der Waals surface area contributed by atoms with Crippen LogP contribution >= 0.6 is 11.3 Å². The van der Waals surface area contributed by atoms with E-state index in [0.717, 1.165) is 36.7 Å². The molecular formula is C25H29N7O3S. The Morgan fingerprint density at radius 2 is 2.08 bits per heavy atom. The highest BCUT2D eigenvalue weighted by molar-refractivity contribution is 7.22. The summed E-state index contributed by atoms with van der Waals surface area (Å²) < 4.78 is 14.5. The van der Waals surface area contributed by atoms with Crippen molar-refractivity contribution in [3.05, 3.63) is 42.4 Å². The Labute approximate surface area is 213 Å². The molecule has 188 valence electrons. The largest absolute Gasteiger partial charge is 0.455 e. The van der Waals surface area contributed by atoms with Crippen molar-refractivity contribution >= 4 is 44.4 Å². The van der Waals surface area contributed by atoms with E-state index in [0.29, 0.717) is 34.0 Å². The van der Waals surface area contributed by atoms with Crippen LogP contribution in [0.5, 0.6) is 11.5 Å². The number of hydrogen-bond donors (Lipinski definition) is 2. The zero-order valence-corrected chi connectivity index (χ0v) is 21.6. The molecule has 1 fully saturated rings. The SMILES string of the molecule is CC(=O)Nc1cc(Oc2cnc3nc(Nc4cc(C(C)(C)C)n(CC5CCOC5)n4)sc3c2)ccn1. The lowest BCUT2D eigenvalue weighted by atomic mass is 9.92. The first-order valence-electron chi connectivity index (χ1n) is 11.8. The number of hydrogen-bond acceptors (Lipinski definition) is 9. The molecular weight excluding hydrogens is 478 g/mol. The van der Waals surface area contributed by atoms with E-state index in [9.17, 15) is 4.79 Å². The number of ether oxygens (including phenoxy) is 2. The second-order valence-corrected chi connectivity index (χ2v) is 10.9. The minimum absolute atomic E-state index is 0.0411. The van der Waals surface area contributed by atoms with Crippen LogP contribution < -0.4 is 15.4 Å². The Morgan fingerprint density at radius 1 is 1.22 bits per heavy atom. The van der Waals surface area contributed by atoms with E-state index in [1.165, 1.54) is 24.0 Å². The van der Waals surface area contributed by atoms with Gasteiger partial charge in [0.15, 0.2) is 16.6 Å². The van der Waals surface area contributed by atoms with Gasteiger partial charge in [-0.15, -0.1) is 0 Å². The Hall–Kier alpha value is -3.57. The fourth-order valence-electron chi connectivity index (χ4n) is 4.07. The smallest absolute Gasteiger partial charge is 0.222 e. The lowest BCUT2D eigenvalue weighted by Gasteiger charge is -2.21. The Morgan fingerprint density at radius 3 is 2.83 bits per heavy atom. The molecule has 2 N–H and O–H groups in total. The third-order valence-electron chi connectivity index (χ3n) is 5.73. The molecule has 11 heteroatoms. The standard InChI is InChI=1S/C25H29N7O3S/c1-15(33)28-21-10-17(5-7-26-21)35-18-9-19-23(27-12-18)30-24(36-19)29-22-11-20(25(2,3)4)32(31-22)13-16-6-8-34-14-16/h5,7,9-12,16H,6,8,13-14H2,1-4H3,(H,26,28,33)(H,27,29,30,31). The van der Waals surface area contributed by atoms with E-state index < -0.39 is 0 Å². The molecule has 1 saturated heterocycles. The van der Waals surface area contributed by atoms with E-state index in [1.54, 1.807) is 24.5 Å². The molecule has 1 unspecified atom stereocenters. The molecule has 1 aliphatic rings. The van der Waals surface area contributed by atoms with Gasteiger partial charge in [0.1, 0.15) is 17.3 Å². The third kappa shape index (κ3) is 5.63. The number of pyridine rings is 2. The molecule has 4 aromatic rings. The zero-order chi connectivity index (χ0) is 25.3. The van der Waals surface area contributed by atoms with Gasteiger partial charge in [-0.1, -0.05) is 32.1 Å². The predicted molar refractivity (Wildman–Crippen MR) is 139 cm³/mol. The van der Waals surface area contributed by atoms with Crippen molar-refractivity contribution in [1.82, 2.24) is 24.7 Å². The van der Waals surface area contributed by atoms with Crippen molar-refractivity contribution in [1.29, 1.82) is 0 Å². The first-order chi connectivity index (χ1) is 17.2. The Balaban J connectivity index is 1.34. The van der Waals surface area contributed by atoms with Crippen molar-refractivity contribution in [3.8, 4) is 11.5 Å². The molecule has 0 spiro atoms. The molecule has 5 rings (SSSR count). The summed E-state index contributed by atoms with van der Waals surface area (Å²) in [5, 5.41) is 11.6. The van der Waals surface area contributed by atoms with Gasteiger partial charge in [-0.05, 0) is 12.5 Å². The summed E-state index contributed by atoms with van der Waals surface area (Å²) in [5.74, 6) is 2.59. The second kappa shape index (κ2) is 9.82. The predicted octanol–water partition coefficient (Wildman–Crippen LogP) is 5.11. The number of carbonyl (C=O) groups excluding carboxylic acids is 1. The number of amides is 1. The average molecular weight is 508 g/mol.